The first-order valence-corrected chi connectivity index (χ1v) is 8.64. The summed E-state index contributed by atoms with van der Waals surface area (Å²) in [5.74, 6) is -0.789. The quantitative estimate of drug-likeness (QED) is 0.739. The molecular formula is C18H15N3O3S. The van der Waals surface area contributed by atoms with E-state index in [0.717, 1.165) is 27.2 Å². The summed E-state index contributed by atoms with van der Waals surface area (Å²) in [6.45, 7) is 0.820. The van der Waals surface area contributed by atoms with Gasteiger partial charge in [0.1, 0.15) is 10.6 Å². The molecule has 3 aromatic rings. The van der Waals surface area contributed by atoms with Gasteiger partial charge in [-0.2, -0.15) is 0 Å². The van der Waals surface area contributed by atoms with Crippen molar-refractivity contribution in [2.45, 2.75) is 13.0 Å². The van der Waals surface area contributed by atoms with Crippen molar-refractivity contribution in [2.24, 2.45) is 5.73 Å². The Balaban J connectivity index is 1.68. The van der Waals surface area contributed by atoms with Crippen LogP contribution in [-0.4, -0.2) is 33.3 Å². The van der Waals surface area contributed by atoms with Crippen molar-refractivity contribution < 1.29 is 14.7 Å². The Hall–Kier alpha value is -2.93. The van der Waals surface area contributed by atoms with Gasteiger partial charge in [0, 0.05) is 28.6 Å². The molecule has 0 bridgehead atoms. The van der Waals surface area contributed by atoms with Gasteiger partial charge < -0.3 is 15.7 Å². The van der Waals surface area contributed by atoms with Crippen LogP contribution in [0.4, 0.5) is 0 Å². The summed E-state index contributed by atoms with van der Waals surface area (Å²) >= 11 is 1.16. The Kier molecular flexibility index (Phi) is 3.65. The van der Waals surface area contributed by atoms with Gasteiger partial charge in [0.15, 0.2) is 0 Å². The topological polar surface area (TPSA) is 96.5 Å². The van der Waals surface area contributed by atoms with Crippen molar-refractivity contribution in [3.05, 3.63) is 57.4 Å². The van der Waals surface area contributed by atoms with Crippen LogP contribution in [0, 0.1) is 0 Å². The van der Waals surface area contributed by atoms with Crippen molar-refractivity contribution in [3.63, 3.8) is 0 Å². The molecule has 3 heterocycles. The highest BCUT2D eigenvalue weighted by Crippen LogP contribution is 2.38. The molecule has 2 aromatic heterocycles. The summed E-state index contributed by atoms with van der Waals surface area (Å²) in [6, 6.07) is 9.29. The molecule has 0 saturated carbocycles. The molecule has 3 N–H and O–H groups in total. The van der Waals surface area contributed by atoms with Crippen LogP contribution in [0.1, 0.15) is 30.5 Å². The van der Waals surface area contributed by atoms with E-state index in [1.165, 1.54) is 0 Å². The number of nitrogens with zero attached hydrogens (tertiary/aromatic N) is 2. The fourth-order valence-electron chi connectivity index (χ4n) is 3.17. The molecule has 1 aromatic carbocycles. The van der Waals surface area contributed by atoms with Crippen molar-refractivity contribution in [3.8, 4) is 5.75 Å². The smallest absolute Gasteiger partial charge is 0.262 e. The van der Waals surface area contributed by atoms with E-state index in [1.807, 2.05) is 24.3 Å². The second-order valence-electron chi connectivity index (χ2n) is 5.90. The summed E-state index contributed by atoms with van der Waals surface area (Å²) in [4.78, 5) is 31.4. The number of rotatable bonds is 2. The second-order valence-corrected chi connectivity index (χ2v) is 7.01. The van der Waals surface area contributed by atoms with Crippen LogP contribution in [0.15, 0.2) is 36.5 Å². The van der Waals surface area contributed by atoms with Gasteiger partial charge in [-0.25, -0.2) is 0 Å². The summed E-state index contributed by atoms with van der Waals surface area (Å²) < 4.78 is 0. The van der Waals surface area contributed by atoms with Crippen molar-refractivity contribution in [2.75, 3.05) is 6.54 Å². The lowest BCUT2D eigenvalue weighted by atomic mass is 10.0. The SMILES string of the molecule is NC(=O)c1sc2c(c1O)CCN(C(=O)c1cccc3cccnc13)C2. The zero-order valence-electron chi connectivity index (χ0n) is 13.2. The number of para-hydroxylation sites is 1. The Bertz CT molecular complexity index is 1010. The van der Waals surface area contributed by atoms with E-state index in [9.17, 15) is 14.7 Å². The lowest BCUT2D eigenvalue weighted by Crippen LogP contribution is -2.35. The number of hydrogen-bond donors (Lipinski definition) is 2. The molecule has 0 fully saturated rings. The van der Waals surface area contributed by atoms with Crippen LogP contribution < -0.4 is 5.73 Å². The number of nitrogens with two attached hydrogens (primary N) is 1. The number of amides is 2. The molecule has 25 heavy (non-hydrogen) atoms. The predicted molar refractivity (Wildman–Crippen MR) is 94.7 cm³/mol. The van der Waals surface area contributed by atoms with Crippen molar-refractivity contribution >= 4 is 34.1 Å². The summed E-state index contributed by atoms with van der Waals surface area (Å²) in [7, 11) is 0. The van der Waals surface area contributed by atoms with Gasteiger partial charge in [0.25, 0.3) is 11.8 Å². The first-order valence-electron chi connectivity index (χ1n) is 7.82. The average Bonchev–Trinajstić information content (AvgIpc) is 2.97. The molecular weight excluding hydrogens is 338 g/mol. The van der Waals surface area contributed by atoms with Gasteiger partial charge in [0.05, 0.1) is 17.6 Å². The Morgan fingerprint density at radius 2 is 2.04 bits per heavy atom. The van der Waals surface area contributed by atoms with Gasteiger partial charge in [-0.1, -0.05) is 18.2 Å². The highest BCUT2D eigenvalue weighted by atomic mass is 32.1. The lowest BCUT2D eigenvalue weighted by molar-refractivity contribution is 0.0737. The van der Waals surface area contributed by atoms with Crippen molar-refractivity contribution in [1.82, 2.24) is 9.88 Å². The van der Waals surface area contributed by atoms with Crippen LogP contribution in [0.5, 0.6) is 5.75 Å². The van der Waals surface area contributed by atoms with Gasteiger partial charge in [-0.15, -0.1) is 11.3 Å². The monoisotopic (exact) mass is 353 g/mol. The highest BCUT2D eigenvalue weighted by molar-refractivity contribution is 7.14. The largest absolute Gasteiger partial charge is 0.506 e. The standard InChI is InChI=1S/C18H15N3O3S/c19-17(23)16-15(22)11-6-8-21(9-13(11)25-16)18(24)12-5-1-3-10-4-2-7-20-14(10)12/h1-5,7,22H,6,8-9H2,(H2,19,23). The molecule has 0 saturated heterocycles. The minimum Gasteiger partial charge on any atom is -0.506 e. The third kappa shape index (κ3) is 2.53. The number of benzene rings is 1. The van der Waals surface area contributed by atoms with E-state index in [4.69, 9.17) is 5.73 Å². The maximum atomic E-state index is 13.0. The second kappa shape index (κ2) is 5.86. The van der Waals surface area contributed by atoms with Crippen LogP contribution in [-0.2, 0) is 13.0 Å². The molecule has 6 nitrogen and oxygen atoms in total. The molecule has 126 valence electrons. The highest BCUT2D eigenvalue weighted by Gasteiger charge is 2.29. The zero-order valence-corrected chi connectivity index (χ0v) is 14.0. The van der Waals surface area contributed by atoms with E-state index in [2.05, 4.69) is 4.98 Å². The maximum Gasteiger partial charge on any atom is 0.262 e. The molecule has 0 spiro atoms. The number of hydrogen-bond acceptors (Lipinski definition) is 5. The number of carbonyl (C=O) groups is 2. The minimum atomic E-state index is -0.645. The zero-order chi connectivity index (χ0) is 17.6. The molecule has 0 aliphatic carbocycles. The number of aromatic hydroxyl groups is 1. The maximum absolute atomic E-state index is 13.0. The van der Waals surface area contributed by atoms with E-state index in [-0.39, 0.29) is 16.5 Å². The number of pyridine rings is 1. The third-order valence-corrected chi connectivity index (χ3v) is 5.62. The van der Waals surface area contributed by atoms with Crippen molar-refractivity contribution in [1.29, 1.82) is 0 Å². The number of aromatic nitrogens is 1. The Morgan fingerprint density at radius 3 is 2.84 bits per heavy atom. The van der Waals surface area contributed by atoms with Gasteiger partial charge in [-0.05, 0) is 18.6 Å². The van der Waals surface area contributed by atoms with Crippen LogP contribution >= 0.6 is 11.3 Å². The molecule has 1 aliphatic heterocycles. The molecule has 0 radical (unpaired) electrons. The van der Waals surface area contributed by atoms with E-state index < -0.39 is 5.91 Å². The van der Waals surface area contributed by atoms with E-state index in [0.29, 0.717) is 30.6 Å². The molecule has 0 atom stereocenters. The summed E-state index contributed by atoms with van der Waals surface area (Å²) in [6.07, 6.45) is 2.17. The van der Waals surface area contributed by atoms with Gasteiger partial charge >= 0.3 is 0 Å². The van der Waals surface area contributed by atoms with Crippen LogP contribution in [0.2, 0.25) is 0 Å². The average molecular weight is 353 g/mol. The first-order chi connectivity index (χ1) is 12.1. The van der Waals surface area contributed by atoms with E-state index in [1.54, 1.807) is 17.2 Å². The fourth-order valence-corrected chi connectivity index (χ4v) is 4.28. The van der Waals surface area contributed by atoms with Crippen LogP contribution in [0.3, 0.4) is 0 Å². The molecule has 2 amide bonds. The third-order valence-electron chi connectivity index (χ3n) is 4.40. The Morgan fingerprint density at radius 1 is 1.24 bits per heavy atom. The van der Waals surface area contributed by atoms with Crippen LogP contribution in [0.25, 0.3) is 10.9 Å². The predicted octanol–water partition coefficient (Wildman–Crippen LogP) is 2.30. The number of carbonyl (C=O) groups excluding carboxylic acids is 2. The number of thiophene rings is 1. The number of fused-ring (bicyclic) bond motifs is 2. The minimum absolute atomic E-state index is 0.0357. The fraction of sp³-hybridized carbons (Fsp3) is 0.167. The van der Waals surface area contributed by atoms with E-state index >= 15 is 0 Å². The molecule has 0 unspecified atom stereocenters. The summed E-state index contributed by atoms with van der Waals surface area (Å²) in [5.41, 5.74) is 7.25. The summed E-state index contributed by atoms with van der Waals surface area (Å²) in [5, 5.41) is 11.0. The first kappa shape index (κ1) is 15.6. The molecule has 7 heteroatoms. The number of primary amides is 1. The lowest BCUT2D eigenvalue weighted by Gasteiger charge is -2.27. The molecule has 4 rings (SSSR count). The normalized spacial score (nSPS) is 13.7. The van der Waals surface area contributed by atoms with Gasteiger partial charge in [0.2, 0.25) is 0 Å². The van der Waals surface area contributed by atoms with Gasteiger partial charge in [-0.3, -0.25) is 14.6 Å². The Labute approximate surface area is 147 Å². The molecule has 1 aliphatic rings.